The van der Waals surface area contributed by atoms with E-state index in [1.165, 1.54) is 0 Å². The molecule has 3 N–H and O–H groups in total. The van der Waals surface area contributed by atoms with Gasteiger partial charge in [-0.05, 0) is 17.7 Å². The number of carbonyl (C=O) groups excluding carboxylic acids is 2. The standard InChI is InChI=1S/C17H18N2O4/c18-16(23-14-9-5-2-6-10-14)15(11-20)19-17(21)22-12-13-7-3-1-4-8-13/h1-11,15-16H,12,18H2,(H,19,21)/t15-,16-/m1/s1. The first-order chi connectivity index (χ1) is 11.2. The highest BCUT2D eigenvalue weighted by molar-refractivity contribution is 5.73. The summed E-state index contributed by atoms with van der Waals surface area (Å²) in [5.74, 6) is 0.506. The molecule has 120 valence electrons. The third-order valence-electron chi connectivity index (χ3n) is 3.01. The van der Waals surface area contributed by atoms with E-state index in [1.54, 1.807) is 24.3 Å². The van der Waals surface area contributed by atoms with Gasteiger partial charge in [0.05, 0.1) is 0 Å². The molecule has 0 unspecified atom stereocenters. The molecular weight excluding hydrogens is 296 g/mol. The fraction of sp³-hybridized carbons (Fsp3) is 0.176. The zero-order valence-corrected chi connectivity index (χ0v) is 12.4. The molecule has 6 heteroatoms. The van der Waals surface area contributed by atoms with Crippen molar-refractivity contribution in [3.8, 4) is 5.75 Å². The molecule has 0 fully saturated rings. The summed E-state index contributed by atoms with van der Waals surface area (Å²) < 4.78 is 10.4. The van der Waals surface area contributed by atoms with Crippen molar-refractivity contribution in [1.29, 1.82) is 0 Å². The minimum absolute atomic E-state index is 0.104. The number of nitrogens with one attached hydrogen (secondary N) is 1. The van der Waals surface area contributed by atoms with Gasteiger partial charge in [-0.25, -0.2) is 4.79 Å². The van der Waals surface area contributed by atoms with Crippen LogP contribution in [0.25, 0.3) is 0 Å². The Labute approximate surface area is 134 Å². The van der Waals surface area contributed by atoms with Crippen LogP contribution in [-0.4, -0.2) is 24.6 Å². The average Bonchev–Trinajstić information content (AvgIpc) is 2.59. The normalized spacial score (nSPS) is 12.7. The van der Waals surface area contributed by atoms with Crippen molar-refractivity contribution < 1.29 is 19.1 Å². The molecule has 2 aromatic rings. The maximum absolute atomic E-state index is 11.7. The van der Waals surface area contributed by atoms with Gasteiger partial charge >= 0.3 is 6.09 Å². The monoisotopic (exact) mass is 314 g/mol. The van der Waals surface area contributed by atoms with Gasteiger partial charge in [-0.15, -0.1) is 0 Å². The molecule has 0 aliphatic heterocycles. The highest BCUT2D eigenvalue weighted by Crippen LogP contribution is 2.10. The van der Waals surface area contributed by atoms with Gasteiger partial charge in [0, 0.05) is 0 Å². The van der Waals surface area contributed by atoms with Gasteiger partial charge < -0.3 is 19.6 Å². The lowest BCUT2D eigenvalue weighted by Gasteiger charge is -2.21. The molecular formula is C17H18N2O4. The van der Waals surface area contributed by atoms with Crippen LogP contribution in [0.5, 0.6) is 5.75 Å². The minimum Gasteiger partial charge on any atom is -0.473 e. The van der Waals surface area contributed by atoms with Crippen LogP contribution in [0.4, 0.5) is 4.79 Å². The SMILES string of the molecule is N[C@H](Oc1ccccc1)[C@@H](C=O)NC(=O)OCc1ccccc1. The van der Waals surface area contributed by atoms with Crippen LogP contribution >= 0.6 is 0 Å². The molecule has 2 rings (SSSR count). The van der Waals surface area contributed by atoms with Crippen LogP contribution in [0, 0.1) is 0 Å². The summed E-state index contributed by atoms with van der Waals surface area (Å²) in [6.07, 6.45) is -1.24. The summed E-state index contributed by atoms with van der Waals surface area (Å²) in [5, 5.41) is 2.38. The number of alkyl carbamates (subject to hydrolysis) is 1. The van der Waals surface area contributed by atoms with Crippen LogP contribution in [0.15, 0.2) is 60.7 Å². The molecule has 6 nitrogen and oxygen atoms in total. The van der Waals surface area contributed by atoms with Gasteiger partial charge in [0.1, 0.15) is 24.7 Å². The van der Waals surface area contributed by atoms with Crippen molar-refractivity contribution in [2.24, 2.45) is 5.73 Å². The molecule has 0 saturated heterocycles. The molecule has 0 aliphatic rings. The van der Waals surface area contributed by atoms with Crippen LogP contribution in [-0.2, 0) is 16.1 Å². The molecule has 0 radical (unpaired) electrons. The Morgan fingerprint density at radius 1 is 1.09 bits per heavy atom. The number of nitrogens with two attached hydrogens (primary N) is 1. The molecule has 23 heavy (non-hydrogen) atoms. The molecule has 0 heterocycles. The second-order valence-corrected chi connectivity index (χ2v) is 4.76. The van der Waals surface area contributed by atoms with E-state index in [0.29, 0.717) is 12.0 Å². The Morgan fingerprint density at radius 3 is 2.30 bits per heavy atom. The van der Waals surface area contributed by atoms with Crippen molar-refractivity contribution in [2.45, 2.75) is 18.9 Å². The van der Waals surface area contributed by atoms with Gasteiger partial charge in [-0.3, -0.25) is 5.73 Å². The third kappa shape index (κ3) is 5.44. The second kappa shape index (κ2) is 8.55. The summed E-state index contributed by atoms with van der Waals surface area (Å²) in [6, 6.07) is 17.0. The quantitative estimate of drug-likeness (QED) is 0.601. The average molecular weight is 314 g/mol. The van der Waals surface area contributed by atoms with Gasteiger partial charge in [-0.2, -0.15) is 0 Å². The number of rotatable bonds is 7. The first-order valence-electron chi connectivity index (χ1n) is 7.09. The number of hydrogen-bond acceptors (Lipinski definition) is 5. The molecule has 0 saturated carbocycles. The second-order valence-electron chi connectivity index (χ2n) is 4.76. The fourth-order valence-corrected chi connectivity index (χ4v) is 1.82. The van der Waals surface area contributed by atoms with E-state index in [2.05, 4.69) is 5.32 Å². The predicted octanol–water partition coefficient (Wildman–Crippen LogP) is 1.84. The Bertz CT molecular complexity index is 619. The van der Waals surface area contributed by atoms with Gasteiger partial charge in [-0.1, -0.05) is 48.5 Å². The summed E-state index contributed by atoms with van der Waals surface area (Å²) >= 11 is 0. The molecule has 0 spiro atoms. The van der Waals surface area contributed by atoms with Crippen LogP contribution in [0.1, 0.15) is 5.56 Å². The van der Waals surface area contributed by atoms with Crippen molar-refractivity contribution in [2.75, 3.05) is 0 Å². The maximum atomic E-state index is 11.7. The highest BCUT2D eigenvalue weighted by atomic mass is 16.5. The lowest BCUT2D eigenvalue weighted by molar-refractivity contribution is -0.111. The van der Waals surface area contributed by atoms with Gasteiger partial charge in [0.25, 0.3) is 0 Å². The summed E-state index contributed by atoms with van der Waals surface area (Å²) in [5.41, 5.74) is 6.64. The van der Waals surface area contributed by atoms with Crippen molar-refractivity contribution in [3.05, 3.63) is 66.2 Å². The van der Waals surface area contributed by atoms with Crippen molar-refractivity contribution >= 4 is 12.4 Å². The molecule has 0 bridgehead atoms. The number of amides is 1. The molecule has 0 aliphatic carbocycles. The van der Waals surface area contributed by atoms with E-state index in [0.717, 1.165) is 5.56 Å². The van der Waals surface area contributed by atoms with Gasteiger partial charge in [0.2, 0.25) is 0 Å². The van der Waals surface area contributed by atoms with E-state index in [9.17, 15) is 9.59 Å². The Morgan fingerprint density at radius 2 is 1.70 bits per heavy atom. The van der Waals surface area contributed by atoms with E-state index in [1.807, 2.05) is 36.4 Å². The zero-order valence-electron chi connectivity index (χ0n) is 12.4. The number of benzene rings is 2. The topological polar surface area (TPSA) is 90.6 Å². The number of ether oxygens (including phenoxy) is 2. The van der Waals surface area contributed by atoms with Crippen molar-refractivity contribution in [1.82, 2.24) is 5.32 Å². The fourth-order valence-electron chi connectivity index (χ4n) is 1.82. The van der Waals surface area contributed by atoms with E-state index in [-0.39, 0.29) is 6.61 Å². The Hall–Kier alpha value is -2.86. The number of aldehydes is 1. The Balaban J connectivity index is 1.83. The smallest absolute Gasteiger partial charge is 0.408 e. The molecule has 1 amide bonds. The maximum Gasteiger partial charge on any atom is 0.408 e. The zero-order chi connectivity index (χ0) is 16.5. The number of hydrogen-bond donors (Lipinski definition) is 2. The van der Waals surface area contributed by atoms with Crippen molar-refractivity contribution in [3.63, 3.8) is 0 Å². The largest absolute Gasteiger partial charge is 0.473 e. The first-order valence-corrected chi connectivity index (χ1v) is 7.09. The summed E-state index contributed by atoms with van der Waals surface area (Å²) in [6.45, 7) is 0.104. The Kier molecular flexibility index (Phi) is 6.14. The summed E-state index contributed by atoms with van der Waals surface area (Å²) in [4.78, 5) is 22.9. The lowest BCUT2D eigenvalue weighted by atomic mass is 10.2. The van der Waals surface area contributed by atoms with E-state index in [4.69, 9.17) is 15.2 Å². The van der Waals surface area contributed by atoms with E-state index >= 15 is 0 Å². The van der Waals surface area contributed by atoms with E-state index < -0.39 is 18.4 Å². The summed E-state index contributed by atoms with van der Waals surface area (Å²) in [7, 11) is 0. The minimum atomic E-state index is -1.02. The van der Waals surface area contributed by atoms with Crippen LogP contribution < -0.4 is 15.8 Å². The van der Waals surface area contributed by atoms with Gasteiger partial charge in [0.15, 0.2) is 6.23 Å². The predicted molar refractivity (Wildman–Crippen MR) is 84.7 cm³/mol. The number of para-hydroxylation sites is 1. The molecule has 2 atom stereocenters. The third-order valence-corrected chi connectivity index (χ3v) is 3.01. The van der Waals surface area contributed by atoms with Crippen LogP contribution in [0.2, 0.25) is 0 Å². The number of carbonyl (C=O) groups is 2. The first kappa shape index (κ1) is 16.5. The van der Waals surface area contributed by atoms with Crippen LogP contribution in [0.3, 0.4) is 0 Å². The molecule has 0 aromatic heterocycles. The molecule has 2 aromatic carbocycles. The lowest BCUT2D eigenvalue weighted by Crippen LogP contribution is -2.51. The highest BCUT2D eigenvalue weighted by Gasteiger charge is 2.21.